The second-order valence-corrected chi connectivity index (χ2v) is 4.12. The Bertz CT molecular complexity index is 376. The van der Waals surface area contributed by atoms with Crippen LogP contribution in [-0.4, -0.2) is 45.1 Å². The number of nitrogens with one attached hydrogen (secondary N) is 2. The minimum atomic E-state index is 0. The van der Waals surface area contributed by atoms with Gasteiger partial charge in [0.25, 0.3) is 0 Å². The van der Waals surface area contributed by atoms with Gasteiger partial charge in [-0.25, -0.2) is 0 Å². The Morgan fingerprint density at radius 1 is 1.53 bits per heavy atom. The average molecular weight is 378 g/mol. The highest BCUT2D eigenvalue weighted by Gasteiger charge is 2.16. The third-order valence-corrected chi connectivity index (χ3v) is 2.60. The highest BCUT2D eigenvalue weighted by molar-refractivity contribution is 14.0. The molecule has 1 atom stereocenters. The molecule has 1 aromatic rings. The molecule has 1 rings (SSSR count). The van der Waals surface area contributed by atoms with E-state index < -0.39 is 0 Å². The molecule has 0 radical (unpaired) electrons. The van der Waals surface area contributed by atoms with E-state index in [1.54, 1.807) is 19.4 Å². The fourth-order valence-electron chi connectivity index (χ4n) is 1.60. The topological polar surface area (TPSA) is 52.8 Å². The molecule has 2 N–H and O–H groups in total. The maximum absolute atomic E-state index is 5.45. The van der Waals surface area contributed by atoms with Gasteiger partial charge in [0.1, 0.15) is 5.76 Å². The van der Waals surface area contributed by atoms with E-state index in [-0.39, 0.29) is 30.0 Å². The van der Waals surface area contributed by atoms with Crippen molar-refractivity contribution in [3.8, 4) is 0 Å². The SMILES string of the molecule is C=CCNC(=NC)NCC(c1ccco1)N(C)C.I. The zero-order valence-electron chi connectivity index (χ0n) is 11.7. The van der Waals surface area contributed by atoms with E-state index in [4.69, 9.17) is 4.42 Å². The smallest absolute Gasteiger partial charge is 0.191 e. The summed E-state index contributed by atoms with van der Waals surface area (Å²) in [5.74, 6) is 1.69. The van der Waals surface area contributed by atoms with Crippen LogP contribution in [0.4, 0.5) is 0 Å². The maximum atomic E-state index is 5.45. The number of rotatable bonds is 6. The monoisotopic (exact) mass is 378 g/mol. The van der Waals surface area contributed by atoms with Gasteiger partial charge in [-0.3, -0.25) is 9.89 Å². The summed E-state index contributed by atoms with van der Waals surface area (Å²) in [6.07, 6.45) is 3.49. The van der Waals surface area contributed by atoms with Crippen molar-refractivity contribution in [1.29, 1.82) is 0 Å². The fourth-order valence-corrected chi connectivity index (χ4v) is 1.60. The third kappa shape index (κ3) is 6.11. The van der Waals surface area contributed by atoms with E-state index in [2.05, 4.69) is 27.1 Å². The molecule has 1 aromatic heterocycles. The molecule has 0 bridgehead atoms. The summed E-state index contributed by atoms with van der Waals surface area (Å²) in [5.41, 5.74) is 0. The molecule has 19 heavy (non-hydrogen) atoms. The number of aliphatic imine (C=N–C) groups is 1. The van der Waals surface area contributed by atoms with Gasteiger partial charge in [0.2, 0.25) is 0 Å². The predicted molar refractivity (Wildman–Crippen MR) is 90.1 cm³/mol. The highest BCUT2D eigenvalue weighted by Crippen LogP contribution is 2.17. The van der Waals surface area contributed by atoms with Crippen LogP contribution in [0.5, 0.6) is 0 Å². The molecule has 5 nitrogen and oxygen atoms in total. The number of furan rings is 1. The van der Waals surface area contributed by atoms with E-state index in [1.165, 1.54) is 0 Å². The molecule has 0 saturated heterocycles. The van der Waals surface area contributed by atoms with E-state index in [9.17, 15) is 0 Å². The van der Waals surface area contributed by atoms with E-state index >= 15 is 0 Å². The molecule has 0 aromatic carbocycles. The number of guanidine groups is 1. The van der Waals surface area contributed by atoms with Crippen LogP contribution in [0.15, 0.2) is 40.5 Å². The number of hydrogen-bond donors (Lipinski definition) is 2. The van der Waals surface area contributed by atoms with Crippen molar-refractivity contribution in [2.75, 3.05) is 34.2 Å². The molecule has 0 aliphatic carbocycles. The van der Waals surface area contributed by atoms with Gasteiger partial charge in [0.05, 0.1) is 12.3 Å². The number of hydrogen-bond acceptors (Lipinski definition) is 3. The molecule has 0 saturated carbocycles. The van der Waals surface area contributed by atoms with Crippen LogP contribution >= 0.6 is 24.0 Å². The predicted octanol–water partition coefficient (Wildman–Crippen LogP) is 1.85. The van der Waals surface area contributed by atoms with Crippen molar-refractivity contribution < 1.29 is 4.42 Å². The van der Waals surface area contributed by atoms with E-state index in [0.717, 1.165) is 18.3 Å². The van der Waals surface area contributed by atoms with Gasteiger partial charge in [-0.2, -0.15) is 0 Å². The quantitative estimate of drug-likeness (QED) is 0.343. The van der Waals surface area contributed by atoms with Crippen molar-refractivity contribution in [3.63, 3.8) is 0 Å². The van der Waals surface area contributed by atoms with Crippen molar-refractivity contribution in [2.24, 2.45) is 4.99 Å². The summed E-state index contributed by atoms with van der Waals surface area (Å²) in [4.78, 5) is 6.24. The maximum Gasteiger partial charge on any atom is 0.191 e. The van der Waals surface area contributed by atoms with E-state index in [1.807, 2.05) is 26.2 Å². The molecule has 0 amide bonds. The molecular formula is C13H23IN4O. The van der Waals surface area contributed by atoms with Crippen LogP contribution in [0, 0.1) is 0 Å². The molecule has 0 spiro atoms. The third-order valence-electron chi connectivity index (χ3n) is 2.60. The summed E-state index contributed by atoms with van der Waals surface area (Å²) in [6, 6.07) is 4.05. The van der Waals surface area contributed by atoms with Crippen molar-refractivity contribution >= 4 is 29.9 Å². The van der Waals surface area contributed by atoms with Gasteiger partial charge >= 0.3 is 0 Å². The van der Waals surface area contributed by atoms with Gasteiger partial charge in [0, 0.05) is 20.1 Å². The lowest BCUT2D eigenvalue weighted by Gasteiger charge is -2.23. The van der Waals surface area contributed by atoms with Crippen LogP contribution in [0.3, 0.4) is 0 Å². The number of nitrogens with zero attached hydrogens (tertiary/aromatic N) is 2. The largest absolute Gasteiger partial charge is 0.468 e. The molecule has 6 heteroatoms. The van der Waals surface area contributed by atoms with Gasteiger partial charge in [-0.05, 0) is 26.2 Å². The standard InChI is InChI=1S/C13H22N4O.HI/c1-5-8-15-13(14-2)16-10-11(17(3)4)12-7-6-9-18-12;/h5-7,9,11H,1,8,10H2,2-4H3,(H2,14,15,16);1H. The highest BCUT2D eigenvalue weighted by atomic mass is 127. The zero-order valence-corrected chi connectivity index (χ0v) is 14.0. The Kier molecular flexibility index (Phi) is 9.32. The molecule has 1 heterocycles. The van der Waals surface area contributed by atoms with Crippen molar-refractivity contribution in [2.45, 2.75) is 6.04 Å². The minimum Gasteiger partial charge on any atom is -0.468 e. The van der Waals surface area contributed by atoms with Gasteiger partial charge in [-0.15, -0.1) is 30.6 Å². The number of halogens is 1. The Morgan fingerprint density at radius 2 is 2.26 bits per heavy atom. The lowest BCUT2D eigenvalue weighted by atomic mass is 10.2. The first-order chi connectivity index (χ1) is 8.69. The Labute approximate surface area is 132 Å². The lowest BCUT2D eigenvalue weighted by Crippen LogP contribution is -2.41. The summed E-state index contributed by atoms with van der Waals surface area (Å²) in [5, 5.41) is 6.39. The fraction of sp³-hybridized carbons (Fsp3) is 0.462. The van der Waals surface area contributed by atoms with Gasteiger partial charge < -0.3 is 15.1 Å². The molecule has 1 unspecified atom stereocenters. The Balaban J connectivity index is 0.00000324. The Hall–Kier alpha value is -1.02. The summed E-state index contributed by atoms with van der Waals surface area (Å²) >= 11 is 0. The van der Waals surface area contributed by atoms with Crippen LogP contribution in [0.2, 0.25) is 0 Å². The van der Waals surface area contributed by atoms with Crippen molar-refractivity contribution in [1.82, 2.24) is 15.5 Å². The minimum absolute atomic E-state index is 0. The first kappa shape index (κ1) is 18.0. The molecule has 0 fully saturated rings. The summed E-state index contributed by atoms with van der Waals surface area (Å²) in [7, 11) is 5.79. The summed E-state index contributed by atoms with van der Waals surface area (Å²) < 4.78 is 5.45. The molecule has 0 aliphatic heterocycles. The second-order valence-electron chi connectivity index (χ2n) is 4.12. The normalized spacial score (nSPS) is 12.7. The molecule has 0 aliphatic rings. The van der Waals surface area contributed by atoms with Gasteiger partial charge in [-0.1, -0.05) is 6.08 Å². The summed E-state index contributed by atoms with van der Waals surface area (Å²) in [6.45, 7) is 5.07. The van der Waals surface area contributed by atoms with Crippen LogP contribution in [-0.2, 0) is 0 Å². The van der Waals surface area contributed by atoms with Crippen LogP contribution < -0.4 is 10.6 Å². The zero-order chi connectivity index (χ0) is 13.4. The molecule has 108 valence electrons. The number of likely N-dealkylation sites (N-methyl/N-ethyl adjacent to an activating group) is 1. The van der Waals surface area contributed by atoms with Crippen molar-refractivity contribution in [3.05, 3.63) is 36.8 Å². The van der Waals surface area contributed by atoms with Crippen LogP contribution in [0.1, 0.15) is 11.8 Å². The Morgan fingerprint density at radius 3 is 2.74 bits per heavy atom. The van der Waals surface area contributed by atoms with E-state index in [0.29, 0.717) is 6.54 Å². The first-order valence-electron chi connectivity index (χ1n) is 5.94. The van der Waals surface area contributed by atoms with Crippen LogP contribution in [0.25, 0.3) is 0 Å². The molecular weight excluding hydrogens is 355 g/mol. The first-order valence-corrected chi connectivity index (χ1v) is 5.94. The average Bonchev–Trinajstić information content (AvgIpc) is 2.86. The van der Waals surface area contributed by atoms with Gasteiger partial charge in [0.15, 0.2) is 5.96 Å². The second kappa shape index (κ2) is 9.85. The lowest BCUT2D eigenvalue weighted by molar-refractivity contribution is 0.258.